The molecule has 0 spiro atoms. The molecular weight excluding hydrogens is 288 g/mol. The number of carbonyl (C=O) groups is 1. The third kappa shape index (κ3) is 4.13. The maximum absolute atomic E-state index is 12.2. The van der Waals surface area contributed by atoms with E-state index < -0.39 is 10.0 Å². The summed E-state index contributed by atoms with van der Waals surface area (Å²) in [7, 11) is -3.65. The van der Waals surface area contributed by atoms with Crippen LogP contribution in [0.4, 0.5) is 5.82 Å². The Hall–Kier alpha value is -2.21. The van der Waals surface area contributed by atoms with Crippen molar-refractivity contribution >= 4 is 22.1 Å². The average molecular weight is 304 g/mol. The molecule has 21 heavy (non-hydrogen) atoms. The zero-order chi connectivity index (χ0) is 15.3. The Morgan fingerprint density at radius 1 is 1.14 bits per heavy atom. The molecule has 0 aliphatic carbocycles. The number of carbonyl (C=O) groups excluding carboxylic acids is 1. The molecule has 0 radical (unpaired) electrons. The summed E-state index contributed by atoms with van der Waals surface area (Å²) in [5.74, 6) is 0.249. The van der Waals surface area contributed by atoms with E-state index in [1.54, 1.807) is 42.5 Å². The minimum atomic E-state index is -3.65. The Morgan fingerprint density at radius 2 is 1.86 bits per heavy atom. The second-order valence-electron chi connectivity index (χ2n) is 4.64. The van der Waals surface area contributed by atoms with Gasteiger partial charge in [-0.05, 0) is 37.6 Å². The van der Waals surface area contributed by atoms with Crippen molar-refractivity contribution < 1.29 is 13.2 Å². The molecule has 0 atom stereocenters. The Bertz CT molecular complexity index is 725. The zero-order valence-corrected chi connectivity index (χ0v) is 12.4. The highest BCUT2D eigenvalue weighted by molar-refractivity contribution is 7.92. The summed E-state index contributed by atoms with van der Waals surface area (Å²) < 4.78 is 26.9. The fourth-order valence-electron chi connectivity index (χ4n) is 1.80. The van der Waals surface area contributed by atoms with Crippen LogP contribution in [0.3, 0.4) is 0 Å². The molecule has 6 heteroatoms. The molecule has 1 heterocycles. The molecule has 0 saturated carbocycles. The van der Waals surface area contributed by atoms with Gasteiger partial charge >= 0.3 is 0 Å². The molecular formula is C15H16N2O3S. The number of pyridine rings is 1. The average Bonchev–Trinajstić information content (AvgIpc) is 2.45. The molecule has 0 aliphatic rings. The lowest BCUT2D eigenvalue weighted by Crippen LogP contribution is -2.14. The first-order valence-electron chi connectivity index (χ1n) is 6.50. The minimum Gasteiger partial charge on any atom is -0.303 e. The molecule has 0 amide bonds. The van der Waals surface area contributed by atoms with Crippen LogP contribution in [-0.2, 0) is 21.2 Å². The van der Waals surface area contributed by atoms with Crippen LogP contribution in [0.25, 0.3) is 0 Å². The van der Waals surface area contributed by atoms with Gasteiger partial charge in [0.2, 0.25) is 0 Å². The van der Waals surface area contributed by atoms with Crippen LogP contribution >= 0.6 is 0 Å². The van der Waals surface area contributed by atoms with E-state index in [4.69, 9.17) is 0 Å². The lowest BCUT2D eigenvalue weighted by atomic mass is 10.2. The number of nitrogens with zero attached hydrogens (tertiary/aromatic N) is 1. The second kappa shape index (κ2) is 6.49. The summed E-state index contributed by atoms with van der Waals surface area (Å²) in [6.07, 6.45) is 1.66. The molecule has 2 aromatic rings. The number of hydrogen-bond donors (Lipinski definition) is 1. The van der Waals surface area contributed by atoms with Gasteiger partial charge in [-0.3, -0.25) is 4.72 Å². The zero-order valence-electron chi connectivity index (χ0n) is 11.6. The maximum atomic E-state index is 12.2. The summed E-state index contributed by atoms with van der Waals surface area (Å²) in [4.78, 5) is 14.7. The smallest absolute Gasteiger partial charge is 0.263 e. The lowest BCUT2D eigenvalue weighted by molar-refractivity contribution is -0.107. The van der Waals surface area contributed by atoms with Crippen LogP contribution in [0.15, 0.2) is 47.4 Å². The van der Waals surface area contributed by atoms with Crippen LogP contribution in [0.2, 0.25) is 0 Å². The molecule has 1 aromatic carbocycles. The van der Waals surface area contributed by atoms with Crippen LogP contribution < -0.4 is 4.72 Å². The van der Waals surface area contributed by atoms with E-state index >= 15 is 0 Å². The van der Waals surface area contributed by atoms with Crippen molar-refractivity contribution in [2.45, 2.75) is 24.7 Å². The van der Waals surface area contributed by atoms with Gasteiger partial charge in [0.25, 0.3) is 10.0 Å². The van der Waals surface area contributed by atoms with Crippen LogP contribution in [0.5, 0.6) is 0 Å². The monoisotopic (exact) mass is 304 g/mol. The maximum Gasteiger partial charge on any atom is 0.263 e. The van der Waals surface area contributed by atoms with Crippen molar-refractivity contribution in [2.24, 2.45) is 0 Å². The number of aryl methyl sites for hydroxylation is 2. The van der Waals surface area contributed by atoms with Gasteiger partial charge in [-0.15, -0.1) is 0 Å². The lowest BCUT2D eigenvalue weighted by Gasteiger charge is -2.08. The van der Waals surface area contributed by atoms with E-state index in [1.807, 2.05) is 6.92 Å². The number of hydrogen-bond acceptors (Lipinski definition) is 4. The minimum absolute atomic E-state index is 0.188. The summed E-state index contributed by atoms with van der Waals surface area (Å²) in [6.45, 7) is 1.89. The number of nitrogens with one attached hydrogen (secondary N) is 1. The van der Waals surface area contributed by atoms with E-state index in [0.717, 1.165) is 11.8 Å². The fourth-order valence-corrected chi connectivity index (χ4v) is 2.80. The van der Waals surface area contributed by atoms with Gasteiger partial charge in [0.05, 0.1) is 4.90 Å². The molecule has 0 unspecified atom stereocenters. The van der Waals surface area contributed by atoms with E-state index in [2.05, 4.69) is 9.71 Å². The summed E-state index contributed by atoms with van der Waals surface area (Å²) in [5, 5.41) is 0. The predicted molar refractivity (Wildman–Crippen MR) is 80.6 cm³/mol. The fraction of sp³-hybridized carbons (Fsp3) is 0.200. The number of rotatable bonds is 6. The summed E-state index contributed by atoms with van der Waals surface area (Å²) in [6, 6.07) is 11.6. The van der Waals surface area contributed by atoms with Crippen LogP contribution in [0.1, 0.15) is 17.7 Å². The van der Waals surface area contributed by atoms with Crippen LogP contribution in [-0.4, -0.2) is 19.7 Å². The van der Waals surface area contributed by atoms with Gasteiger partial charge in [-0.1, -0.05) is 23.8 Å². The molecule has 1 N–H and O–H groups in total. The van der Waals surface area contributed by atoms with Gasteiger partial charge in [0.1, 0.15) is 12.1 Å². The quantitative estimate of drug-likeness (QED) is 0.831. The van der Waals surface area contributed by atoms with Gasteiger partial charge in [0, 0.05) is 12.1 Å². The normalized spacial score (nSPS) is 11.1. The van der Waals surface area contributed by atoms with Gasteiger partial charge in [-0.25, -0.2) is 13.4 Å². The molecule has 0 aliphatic heterocycles. The summed E-state index contributed by atoms with van der Waals surface area (Å²) in [5.41, 5.74) is 1.66. The van der Waals surface area contributed by atoms with Crippen molar-refractivity contribution in [1.29, 1.82) is 0 Å². The van der Waals surface area contributed by atoms with Crippen molar-refractivity contribution in [1.82, 2.24) is 4.98 Å². The van der Waals surface area contributed by atoms with Crippen LogP contribution in [0, 0.1) is 6.92 Å². The molecule has 0 fully saturated rings. The molecule has 1 aromatic heterocycles. The molecule has 5 nitrogen and oxygen atoms in total. The second-order valence-corrected chi connectivity index (χ2v) is 6.32. The third-order valence-corrected chi connectivity index (χ3v) is 4.27. The number of aromatic nitrogens is 1. The first kappa shape index (κ1) is 15.2. The first-order chi connectivity index (χ1) is 10.0. The molecule has 0 saturated heterocycles. The predicted octanol–water partition coefficient (Wildman–Crippen LogP) is 2.32. The van der Waals surface area contributed by atoms with E-state index in [1.165, 1.54) is 0 Å². The van der Waals surface area contributed by atoms with Crippen molar-refractivity contribution in [3.8, 4) is 0 Å². The van der Waals surface area contributed by atoms with Crippen molar-refractivity contribution in [2.75, 3.05) is 4.72 Å². The van der Waals surface area contributed by atoms with Crippen molar-refractivity contribution in [3.05, 3.63) is 53.7 Å². The van der Waals surface area contributed by atoms with E-state index in [-0.39, 0.29) is 10.7 Å². The Labute approximate surface area is 124 Å². The van der Waals surface area contributed by atoms with Gasteiger partial charge in [-0.2, -0.15) is 0 Å². The highest BCUT2D eigenvalue weighted by Gasteiger charge is 2.14. The first-order valence-corrected chi connectivity index (χ1v) is 7.98. The molecule has 2 rings (SSSR count). The summed E-state index contributed by atoms with van der Waals surface area (Å²) >= 11 is 0. The SMILES string of the molecule is Cc1ccc(S(=O)(=O)Nc2cccc(CCC=O)n2)cc1. The van der Waals surface area contributed by atoms with Gasteiger partial charge < -0.3 is 4.79 Å². The number of benzene rings is 1. The number of sulfonamides is 1. The van der Waals surface area contributed by atoms with E-state index in [9.17, 15) is 13.2 Å². The molecule has 0 bridgehead atoms. The number of anilines is 1. The highest BCUT2D eigenvalue weighted by Crippen LogP contribution is 2.15. The highest BCUT2D eigenvalue weighted by atomic mass is 32.2. The van der Waals surface area contributed by atoms with Crippen molar-refractivity contribution in [3.63, 3.8) is 0 Å². The van der Waals surface area contributed by atoms with Gasteiger partial charge in [0.15, 0.2) is 0 Å². The largest absolute Gasteiger partial charge is 0.303 e. The Morgan fingerprint density at radius 3 is 2.52 bits per heavy atom. The third-order valence-electron chi connectivity index (χ3n) is 2.90. The number of aldehydes is 1. The standard InChI is InChI=1S/C15H16N2O3S/c1-12-7-9-14(10-8-12)21(19,20)17-15-6-2-4-13(16-15)5-3-11-18/h2,4,6-11H,3,5H2,1H3,(H,16,17). The molecule has 110 valence electrons. The Kier molecular flexibility index (Phi) is 4.70. The van der Waals surface area contributed by atoms with E-state index in [0.29, 0.717) is 18.5 Å². The Balaban J connectivity index is 2.20. The topological polar surface area (TPSA) is 76.1 Å².